The standard InChI is InChI=1S/C20H27N3O6/c1-13(2)17(19(25)27-3)21-20(26)23-10-8-22(9-11-23)18(24)16-12-28-14-6-4-5-7-15(14)29-16/h4-7,13,16-17H,8-12H2,1-3H3,(H,21,26)/t16?,17-/m0/s1. The van der Waals surface area contributed by atoms with Crippen molar-refractivity contribution >= 4 is 17.9 Å². The van der Waals surface area contributed by atoms with Crippen molar-refractivity contribution in [3.05, 3.63) is 24.3 Å². The van der Waals surface area contributed by atoms with Crippen LogP contribution in [0.1, 0.15) is 13.8 Å². The maximum Gasteiger partial charge on any atom is 0.328 e. The number of nitrogens with zero attached hydrogens (tertiary/aromatic N) is 2. The van der Waals surface area contributed by atoms with E-state index in [1.165, 1.54) is 7.11 Å². The monoisotopic (exact) mass is 405 g/mol. The van der Waals surface area contributed by atoms with Crippen molar-refractivity contribution in [1.82, 2.24) is 15.1 Å². The highest BCUT2D eigenvalue weighted by Gasteiger charge is 2.34. The Morgan fingerprint density at radius 1 is 1.07 bits per heavy atom. The number of carbonyl (C=O) groups is 3. The number of nitrogens with one attached hydrogen (secondary N) is 1. The van der Waals surface area contributed by atoms with E-state index in [4.69, 9.17) is 14.2 Å². The van der Waals surface area contributed by atoms with Crippen LogP contribution in [0.15, 0.2) is 24.3 Å². The van der Waals surface area contributed by atoms with Crippen molar-refractivity contribution in [3.63, 3.8) is 0 Å². The third kappa shape index (κ3) is 4.72. The smallest absolute Gasteiger partial charge is 0.328 e. The first kappa shape index (κ1) is 20.8. The number of piperazine rings is 1. The normalized spacial score (nSPS) is 19.5. The van der Waals surface area contributed by atoms with Crippen LogP contribution in [-0.2, 0) is 14.3 Å². The first-order chi connectivity index (χ1) is 13.9. The van der Waals surface area contributed by atoms with E-state index >= 15 is 0 Å². The molecule has 1 saturated heterocycles. The first-order valence-electron chi connectivity index (χ1n) is 9.71. The van der Waals surface area contributed by atoms with Gasteiger partial charge in [0.25, 0.3) is 5.91 Å². The third-order valence-electron chi connectivity index (χ3n) is 5.06. The molecule has 3 amide bonds. The molecule has 3 rings (SSSR count). The topological polar surface area (TPSA) is 97.4 Å². The number of para-hydroxylation sites is 2. The zero-order valence-electron chi connectivity index (χ0n) is 16.9. The van der Waals surface area contributed by atoms with Crippen LogP contribution in [0.4, 0.5) is 4.79 Å². The molecule has 0 aromatic heterocycles. The number of rotatable bonds is 4. The first-order valence-corrected chi connectivity index (χ1v) is 9.71. The van der Waals surface area contributed by atoms with Gasteiger partial charge in [0.2, 0.25) is 6.10 Å². The van der Waals surface area contributed by atoms with Crippen molar-refractivity contribution in [1.29, 1.82) is 0 Å². The highest BCUT2D eigenvalue weighted by atomic mass is 16.6. The summed E-state index contributed by atoms with van der Waals surface area (Å²) in [6, 6.07) is 6.19. The fraction of sp³-hybridized carbons (Fsp3) is 0.550. The summed E-state index contributed by atoms with van der Waals surface area (Å²) >= 11 is 0. The van der Waals surface area contributed by atoms with E-state index in [-0.39, 0.29) is 24.5 Å². The van der Waals surface area contributed by atoms with Crippen LogP contribution in [-0.4, -0.2) is 79.7 Å². The average Bonchev–Trinajstić information content (AvgIpc) is 2.75. The molecule has 2 aliphatic rings. The lowest BCUT2D eigenvalue weighted by Crippen LogP contribution is -2.58. The van der Waals surface area contributed by atoms with Gasteiger partial charge in [0, 0.05) is 26.2 Å². The summed E-state index contributed by atoms with van der Waals surface area (Å²) in [5.41, 5.74) is 0. The number of esters is 1. The van der Waals surface area contributed by atoms with Crippen LogP contribution in [0.2, 0.25) is 0 Å². The molecule has 0 spiro atoms. The Kier molecular flexibility index (Phi) is 6.46. The third-order valence-corrected chi connectivity index (χ3v) is 5.06. The Balaban J connectivity index is 1.52. The van der Waals surface area contributed by atoms with Gasteiger partial charge in [0.1, 0.15) is 12.6 Å². The Morgan fingerprint density at radius 2 is 1.69 bits per heavy atom. The van der Waals surface area contributed by atoms with Gasteiger partial charge >= 0.3 is 12.0 Å². The molecule has 0 saturated carbocycles. The second kappa shape index (κ2) is 9.02. The van der Waals surface area contributed by atoms with E-state index in [1.807, 2.05) is 26.0 Å². The number of urea groups is 1. The number of fused-ring (bicyclic) bond motifs is 1. The van der Waals surface area contributed by atoms with Crippen LogP contribution in [0, 0.1) is 5.92 Å². The van der Waals surface area contributed by atoms with Crippen molar-refractivity contribution in [2.45, 2.75) is 26.0 Å². The van der Waals surface area contributed by atoms with Gasteiger partial charge in [-0.1, -0.05) is 26.0 Å². The zero-order valence-corrected chi connectivity index (χ0v) is 16.9. The summed E-state index contributed by atoms with van der Waals surface area (Å²) in [5, 5.41) is 2.72. The van der Waals surface area contributed by atoms with Crippen molar-refractivity contribution in [3.8, 4) is 11.5 Å². The van der Waals surface area contributed by atoms with Gasteiger partial charge in [-0.15, -0.1) is 0 Å². The second-order valence-corrected chi connectivity index (χ2v) is 7.37. The van der Waals surface area contributed by atoms with Crippen molar-refractivity contribution in [2.75, 3.05) is 39.9 Å². The molecule has 2 aliphatic heterocycles. The number of hydrogen-bond donors (Lipinski definition) is 1. The summed E-state index contributed by atoms with van der Waals surface area (Å²) < 4.78 is 16.1. The van der Waals surface area contributed by atoms with E-state index in [2.05, 4.69) is 5.32 Å². The fourth-order valence-electron chi connectivity index (χ4n) is 3.32. The minimum Gasteiger partial charge on any atom is -0.485 e. The van der Waals surface area contributed by atoms with E-state index in [0.29, 0.717) is 37.7 Å². The lowest BCUT2D eigenvalue weighted by Gasteiger charge is -2.37. The van der Waals surface area contributed by atoms with E-state index < -0.39 is 18.1 Å². The van der Waals surface area contributed by atoms with Crippen LogP contribution < -0.4 is 14.8 Å². The predicted octanol–water partition coefficient (Wildman–Crippen LogP) is 0.878. The molecule has 29 heavy (non-hydrogen) atoms. The Hall–Kier alpha value is -2.97. The van der Waals surface area contributed by atoms with Gasteiger partial charge in [-0.25, -0.2) is 9.59 Å². The van der Waals surface area contributed by atoms with Crippen LogP contribution in [0.25, 0.3) is 0 Å². The fourth-order valence-corrected chi connectivity index (χ4v) is 3.32. The number of benzene rings is 1. The van der Waals surface area contributed by atoms with E-state index in [1.54, 1.807) is 21.9 Å². The lowest BCUT2D eigenvalue weighted by atomic mass is 10.1. The molecule has 1 aromatic rings. The SMILES string of the molecule is COC(=O)[C@@H](NC(=O)N1CCN(C(=O)C2COc3ccccc3O2)CC1)C(C)C. The number of carbonyl (C=O) groups excluding carboxylic acids is 3. The average molecular weight is 405 g/mol. The maximum absolute atomic E-state index is 12.8. The molecule has 1 N–H and O–H groups in total. The number of hydrogen-bond acceptors (Lipinski definition) is 6. The maximum atomic E-state index is 12.8. The highest BCUT2D eigenvalue weighted by Crippen LogP contribution is 2.31. The molecule has 9 nitrogen and oxygen atoms in total. The molecule has 9 heteroatoms. The molecule has 0 radical (unpaired) electrons. The molecule has 2 atom stereocenters. The van der Waals surface area contributed by atoms with Crippen molar-refractivity contribution < 1.29 is 28.6 Å². The summed E-state index contributed by atoms with van der Waals surface area (Å²) in [6.45, 7) is 5.34. The Bertz CT molecular complexity index is 760. The van der Waals surface area contributed by atoms with E-state index in [9.17, 15) is 14.4 Å². The van der Waals surface area contributed by atoms with Gasteiger partial charge in [-0.3, -0.25) is 4.79 Å². The van der Waals surface area contributed by atoms with Crippen LogP contribution >= 0.6 is 0 Å². The second-order valence-electron chi connectivity index (χ2n) is 7.37. The Labute approximate surface area is 169 Å². The predicted molar refractivity (Wildman–Crippen MR) is 104 cm³/mol. The summed E-state index contributed by atoms with van der Waals surface area (Å²) in [7, 11) is 1.30. The largest absolute Gasteiger partial charge is 0.485 e. The molecule has 0 bridgehead atoms. The van der Waals surface area contributed by atoms with Crippen molar-refractivity contribution in [2.24, 2.45) is 5.92 Å². The summed E-state index contributed by atoms with van der Waals surface area (Å²) in [6.07, 6.45) is -0.699. The minimum absolute atomic E-state index is 0.0967. The zero-order chi connectivity index (χ0) is 21.0. The van der Waals surface area contributed by atoms with Gasteiger partial charge in [-0.05, 0) is 18.1 Å². The molecule has 0 aliphatic carbocycles. The minimum atomic E-state index is -0.708. The summed E-state index contributed by atoms with van der Waals surface area (Å²) in [4.78, 5) is 40.4. The van der Waals surface area contributed by atoms with Gasteiger partial charge in [0.15, 0.2) is 11.5 Å². The van der Waals surface area contributed by atoms with Gasteiger partial charge in [-0.2, -0.15) is 0 Å². The summed E-state index contributed by atoms with van der Waals surface area (Å²) in [5.74, 6) is 0.452. The number of methoxy groups -OCH3 is 1. The molecule has 1 unspecified atom stereocenters. The number of amides is 3. The molecular formula is C20H27N3O6. The highest BCUT2D eigenvalue weighted by molar-refractivity contribution is 5.84. The van der Waals surface area contributed by atoms with Crippen LogP contribution in [0.3, 0.4) is 0 Å². The van der Waals surface area contributed by atoms with E-state index in [0.717, 1.165) is 0 Å². The Morgan fingerprint density at radius 3 is 2.31 bits per heavy atom. The van der Waals surface area contributed by atoms with Crippen LogP contribution in [0.5, 0.6) is 11.5 Å². The molecular weight excluding hydrogens is 378 g/mol. The lowest BCUT2D eigenvalue weighted by molar-refractivity contribution is -0.144. The molecule has 1 fully saturated rings. The number of ether oxygens (including phenoxy) is 3. The molecule has 1 aromatic carbocycles. The molecule has 158 valence electrons. The molecule has 2 heterocycles. The quantitative estimate of drug-likeness (QED) is 0.747. The van der Waals surface area contributed by atoms with Gasteiger partial charge in [0.05, 0.1) is 7.11 Å². The van der Waals surface area contributed by atoms with Gasteiger partial charge < -0.3 is 29.3 Å².